The van der Waals surface area contributed by atoms with Crippen molar-refractivity contribution >= 4 is 27.4 Å². The minimum atomic E-state index is 0.926. The zero-order valence-electron chi connectivity index (χ0n) is 12.4. The van der Waals surface area contributed by atoms with Gasteiger partial charge in [-0.15, -0.1) is 0 Å². The molecule has 3 heterocycles. The molecule has 1 saturated heterocycles. The smallest absolute Gasteiger partial charge is 0.150 e. The normalized spacial score (nSPS) is 14.5. The van der Waals surface area contributed by atoms with E-state index in [0.717, 1.165) is 40.3 Å². The molecule has 0 amide bonds. The summed E-state index contributed by atoms with van der Waals surface area (Å²) in [5, 5.41) is 3.23. The molecule has 0 unspecified atom stereocenters. The highest BCUT2D eigenvalue weighted by Crippen LogP contribution is 2.35. The number of halogens is 1. The molecule has 2 aromatic heterocycles. The van der Waals surface area contributed by atoms with Gasteiger partial charge in [-0.25, -0.2) is 4.98 Å². The van der Waals surface area contributed by atoms with Gasteiger partial charge in [0.05, 0.1) is 11.4 Å². The lowest BCUT2D eigenvalue weighted by Gasteiger charge is -2.22. The van der Waals surface area contributed by atoms with Gasteiger partial charge in [0.25, 0.3) is 0 Å². The molecule has 1 aliphatic heterocycles. The van der Waals surface area contributed by atoms with Crippen LogP contribution < -0.4 is 10.2 Å². The molecule has 0 aromatic carbocycles. The first-order chi connectivity index (χ1) is 10.2. The van der Waals surface area contributed by atoms with Gasteiger partial charge in [-0.2, -0.15) is 0 Å². The SMILES string of the molecule is CNc1nc(-c2ccc(C)nc2)c(Br)cc1N1CCCC1. The summed E-state index contributed by atoms with van der Waals surface area (Å²) >= 11 is 3.67. The van der Waals surface area contributed by atoms with Crippen LogP contribution in [0.4, 0.5) is 11.5 Å². The standard InChI is InChI=1S/C16H19BrN4/c1-11-5-6-12(10-19-11)15-13(17)9-14(16(18-2)20-15)21-7-3-4-8-21/h5-6,9-10H,3-4,7-8H2,1-2H3,(H,18,20). The zero-order chi connectivity index (χ0) is 14.8. The van der Waals surface area contributed by atoms with Crippen LogP contribution >= 0.6 is 15.9 Å². The molecule has 1 aliphatic rings. The minimum Gasteiger partial charge on any atom is -0.371 e. The number of hydrogen-bond acceptors (Lipinski definition) is 4. The summed E-state index contributed by atoms with van der Waals surface area (Å²) in [7, 11) is 1.92. The van der Waals surface area contributed by atoms with E-state index in [1.807, 2.05) is 26.2 Å². The van der Waals surface area contributed by atoms with Crippen LogP contribution in [-0.4, -0.2) is 30.1 Å². The Balaban J connectivity index is 2.04. The van der Waals surface area contributed by atoms with Crippen LogP contribution in [0.2, 0.25) is 0 Å². The summed E-state index contributed by atoms with van der Waals surface area (Å²) in [6.07, 6.45) is 4.38. The highest BCUT2D eigenvalue weighted by atomic mass is 79.9. The summed E-state index contributed by atoms with van der Waals surface area (Å²) < 4.78 is 1.01. The van der Waals surface area contributed by atoms with E-state index in [1.165, 1.54) is 18.5 Å². The van der Waals surface area contributed by atoms with Crippen molar-refractivity contribution in [2.24, 2.45) is 0 Å². The van der Waals surface area contributed by atoms with Gasteiger partial charge in [-0.05, 0) is 53.9 Å². The number of nitrogens with one attached hydrogen (secondary N) is 1. The van der Waals surface area contributed by atoms with Gasteiger partial charge in [0.2, 0.25) is 0 Å². The maximum absolute atomic E-state index is 4.80. The Hall–Kier alpha value is -1.62. The van der Waals surface area contributed by atoms with Crippen molar-refractivity contribution in [2.45, 2.75) is 19.8 Å². The highest BCUT2D eigenvalue weighted by Gasteiger charge is 2.19. The molecule has 0 radical (unpaired) electrons. The molecular weight excluding hydrogens is 328 g/mol. The third kappa shape index (κ3) is 2.88. The summed E-state index contributed by atoms with van der Waals surface area (Å²) in [6.45, 7) is 4.20. The quantitative estimate of drug-likeness (QED) is 0.916. The lowest BCUT2D eigenvalue weighted by atomic mass is 10.1. The predicted octanol–water partition coefficient (Wildman–Crippen LogP) is 3.86. The molecule has 2 aromatic rings. The largest absolute Gasteiger partial charge is 0.371 e. The first-order valence-electron chi connectivity index (χ1n) is 7.25. The molecule has 1 fully saturated rings. The van der Waals surface area contributed by atoms with Crippen LogP contribution in [0, 0.1) is 6.92 Å². The number of aryl methyl sites for hydroxylation is 1. The Morgan fingerprint density at radius 2 is 2.00 bits per heavy atom. The Morgan fingerprint density at radius 3 is 2.62 bits per heavy atom. The van der Waals surface area contributed by atoms with Crippen molar-refractivity contribution in [3.8, 4) is 11.3 Å². The van der Waals surface area contributed by atoms with E-state index < -0.39 is 0 Å². The number of anilines is 2. The zero-order valence-corrected chi connectivity index (χ0v) is 13.9. The monoisotopic (exact) mass is 346 g/mol. The molecule has 110 valence electrons. The van der Waals surface area contributed by atoms with Crippen LogP contribution in [0.15, 0.2) is 28.9 Å². The maximum atomic E-state index is 4.80. The molecule has 21 heavy (non-hydrogen) atoms. The van der Waals surface area contributed by atoms with Crippen molar-refractivity contribution in [3.05, 3.63) is 34.6 Å². The van der Waals surface area contributed by atoms with E-state index in [1.54, 1.807) is 0 Å². The van der Waals surface area contributed by atoms with Gasteiger partial charge in [0, 0.05) is 42.1 Å². The average molecular weight is 347 g/mol. The van der Waals surface area contributed by atoms with Gasteiger partial charge in [-0.3, -0.25) is 4.98 Å². The number of pyridine rings is 2. The highest BCUT2D eigenvalue weighted by molar-refractivity contribution is 9.10. The second-order valence-electron chi connectivity index (χ2n) is 5.32. The summed E-state index contributed by atoms with van der Waals surface area (Å²) in [5.74, 6) is 0.927. The van der Waals surface area contributed by atoms with Gasteiger partial charge >= 0.3 is 0 Å². The second-order valence-corrected chi connectivity index (χ2v) is 6.17. The molecule has 3 rings (SSSR count). The van der Waals surface area contributed by atoms with E-state index in [-0.39, 0.29) is 0 Å². The number of nitrogens with zero attached hydrogens (tertiary/aromatic N) is 3. The van der Waals surface area contributed by atoms with Gasteiger partial charge in [0.1, 0.15) is 5.82 Å². The lowest BCUT2D eigenvalue weighted by Crippen LogP contribution is -2.19. The van der Waals surface area contributed by atoms with Crippen molar-refractivity contribution in [1.82, 2.24) is 9.97 Å². The number of rotatable bonds is 3. The van der Waals surface area contributed by atoms with Crippen LogP contribution in [0.5, 0.6) is 0 Å². The molecule has 0 bridgehead atoms. The van der Waals surface area contributed by atoms with E-state index in [2.05, 4.69) is 43.3 Å². The van der Waals surface area contributed by atoms with Crippen molar-refractivity contribution < 1.29 is 0 Å². The third-order valence-electron chi connectivity index (χ3n) is 3.82. The lowest BCUT2D eigenvalue weighted by molar-refractivity contribution is 0.949. The fraction of sp³-hybridized carbons (Fsp3) is 0.375. The van der Waals surface area contributed by atoms with Gasteiger partial charge in [0.15, 0.2) is 0 Å². The van der Waals surface area contributed by atoms with Crippen molar-refractivity contribution in [3.63, 3.8) is 0 Å². The predicted molar refractivity (Wildman–Crippen MR) is 90.9 cm³/mol. The van der Waals surface area contributed by atoms with E-state index >= 15 is 0 Å². The van der Waals surface area contributed by atoms with Crippen LogP contribution in [-0.2, 0) is 0 Å². The van der Waals surface area contributed by atoms with Crippen LogP contribution in [0.1, 0.15) is 18.5 Å². The molecule has 1 N–H and O–H groups in total. The molecule has 0 atom stereocenters. The molecule has 4 nitrogen and oxygen atoms in total. The first kappa shape index (κ1) is 14.3. The first-order valence-corrected chi connectivity index (χ1v) is 8.04. The third-order valence-corrected chi connectivity index (χ3v) is 4.43. The Bertz CT molecular complexity index is 633. The van der Waals surface area contributed by atoms with Crippen molar-refractivity contribution in [2.75, 3.05) is 30.4 Å². The Morgan fingerprint density at radius 1 is 1.24 bits per heavy atom. The van der Waals surface area contributed by atoms with E-state index in [4.69, 9.17) is 4.98 Å². The van der Waals surface area contributed by atoms with E-state index in [0.29, 0.717) is 0 Å². The molecule has 0 saturated carbocycles. The maximum Gasteiger partial charge on any atom is 0.150 e. The minimum absolute atomic E-state index is 0.926. The second kappa shape index (κ2) is 6.02. The summed E-state index contributed by atoms with van der Waals surface area (Å²) in [4.78, 5) is 11.5. The summed E-state index contributed by atoms with van der Waals surface area (Å²) in [6, 6.07) is 6.24. The Kier molecular flexibility index (Phi) is 4.10. The fourth-order valence-corrected chi connectivity index (χ4v) is 3.21. The number of aromatic nitrogens is 2. The Labute approximate surface area is 133 Å². The molecule has 0 spiro atoms. The molecular formula is C16H19BrN4. The topological polar surface area (TPSA) is 41.1 Å². The molecule has 5 heteroatoms. The summed E-state index contributed by atoms with van der Waals surface area (Å²) in [5.41, 5.74) is 4.13. The van der Waals surface area contributed by atoms with Crippen LogP contribution in [0.25, 0.3) is 11.3 Å². The van der Waals surface area contributed by atoms with Crippen molar-refractivity contribution in [1.29, 1.82) is 0 Å². The molecule has 0 aliphatic carbocycles. The average Bonchev–Trinajstić information content (AvgIpc) is 3.02. The van der Waals surface area contributed by atoms with Gasteiger partial charge < -0.3 is 10.2 Å². The number of hydrogen-bond donors (Lipinski definition) is 1. The fourth-order valence-electron chi connectivity index (χ4n) is 2.67. The van der Waals surface area contributed by atoms with Crippen LogP contribution in [0.3, 0.4) is 0 Å². The van der Waals surface area contributed by atoms with E-state index in [9.17, 15) is 0 Å². The van der Waals surface area contributed by atoms with Gasteiger partial charge in [-0.1, -0.05) is 0 Å².